The molecule has 1 aromatic rings. The van der Waals surface area contributed by atoms with E-state index in [2.05, 4.69) is 30.1 Å². The molecule has 2 unspecified atom stereocenters. The second kappa shape index (κ2) is 5.80. The van der Waals surface area contributed by atoms with Crippen molar-refractivity contribution >= 4 is 5.95 Å². The number of alkyl halides is 3. The van der Waals surface area contributed by atoms with Crippen LogP contribution in [0.5, 0.6) is 0 Å². The molecule has 1 aromatic heterocycles. The van der Waals surface area contributed by atoms with E-state index in [0.29, 0.717) is 23.7 Å². The van der Waals surface area contributed by atoms with Crippen LogP contribution >= 0.6 is 0 Å². The second-order valence-electron chi connectivity index (χ2n) is 5.56. The molecule has 0 aliphatic carbocycles. The third kappa shape index (κ3) is 3.65. The van der Waals surface area contributed by atoms with Crippen LogP contribution in [0.4, 0.5) is 19.1 Å². The summed E-state index contributed by atoms with van der Waals surface area (Å²) in [7, 11) is 0. The van der Waals surface area contributed by atoms with Crippen molar-refractivity contribution in [1.29, 1.82) is 0 Å². The fourth-order valence-corrected chi connectivity index (χ4v) is 2.96. The molecular weight excluding hydrogens is 287 g/mol. The quantitative estimate of drug-likeness (QED) is 0.871. The van der Waals surface area contributed by atoms with Crippen molar-refractivity contribution < 1.29 is 17.9 Å². The van der Waals surface area contributed by atoms with E-state index in [-0.39, 0.29) is 6.61 Å². The molecule has 0 saturated carbocycles. The Kier molecular flexibility index (Phi) is 4.03. The van der Waals surface area contributed by atoms with Crippen molar-refractivity contribution in [1.82, 2.24) is 20.5 Å². The second-order valence-corrected chi connectivity index (χ2v) is 5.56. The van der Waals surface area contributed by atoms with Gasteiger partial charge in [-0.05, 0) is 25.3 Å². The Balaban J connectivity index is 1.53. The minimum absolute atomic E-state index is 0.217. The molecular formula is C12H18F3N5O. The lowest BCUT2D eigenvalue weighted by Gasteiger charge is -2.24. The van der Waals surface area contributed by atoms with Crippen LogP contribution in [0.2, 0.25) is 0 Å². The van der Waals surface area contributed by atoms with Gasteiger partial charge >= 0.3 is 6.18 Å². The molecule has 2 saturated heterocycles. The van der Waals surface area contributed by atoms with Gasteiger partial charge in [0.25, 0.3) is 0 Å². The highest BCUT2D eigenvalue weighted by Crippen LogP contribution is 2.27. The fraction of sp³-hybridized carbons (Fsp3) is 0.833. The Morgan fingerprint density at radius 3 is 2.95 bits per heavy atom. The van der Waals surface area contributed by atoms with Gasteiger partial charge < -0.3 is 15.0 Å². The molecule has 118 valence electrons. The molecule has 2 fully saturated rings. The van der Waals surface area contributed by atoms with Crippen LogP contribution in [-0.4, -0.2) is 53.6 Å². The summed E-state index contributed by atoms with van der Waals surface area (Å²) in [5.74, 6) is 1.45. The predicted octanol–water partition coefficient (Wildman–Crippen LogP) is 1.07. The molecule has 2 N–H and O–H groups in total. The Morgan fingerprint density at radius 2 is 2.19 bits per heavy atom. The van der Waals surface area contributed by atoms with E-state index in [1.165, 1.54) is 12.8 Å². The van der Waals surface area contributed by atoms with Crippen LogP contribution in [0.3, 0.4) is 0 Å². The summed E-state index contributed by atoms with van der Waals surface area (Å²) in [4.78, 5) is 6.28. The Labute approximate surface area is 120 Å². The van der Waals surface area contributed by atoms with E-state index in [1.54, 1.807) is 0 Å². The summed E-state index contributed by atoms with van der Waals surface area (Å²) in [6.07, 6.45) is -1.95. The number of nitrogens with one attached hydrogen (secondary N) is 2. The number of ether oxygens (including phenoxy) is 1. The summed E-state index contributed by atoms with van der Waals surface area (Å²) in [6.45, 7) is 1.27. The number of fused-ring (bicyclic) bond motifs is 1. The Bertz CT molecular complexity index is 464. The Hall–Kier alpha value is -1.35. The van der Waals surface area contributed by atoms with Gasteiger partial charge in [0, 0.05) is 19.1 Å². The number of aromatic amines is 1. The van der Waals surface area contributed by atoms with E-state index in [1.807, 2.05) is 0 Å². The summed E-state index contributed by atoms with van der Waals surface area (Å²) in [6, 6.07) is 0.460. The largest absolute Gasteiger partial charge is 0.411 e. The zero-order valence-corrected chi connectivity index (χ0v) is 11.5. The number of piperidine rings is 1. The first-order chi connectivity index (χ1) is 10.0. The molecule has 3 rings (SSSR count). The van der Waals surface area contributed by atoms with Crippen molar-refractivity contribution in [3.63, 3.8) is 0 Å². The van der Waals surface area contributed by atoms with Crippen LogP contribution in [0.15, 0.2) is 0 Å². The number of rotatable bonds is 4. The number of halogens is 3. The van der Waals surface area contributed by atoms with E-state index in [9.17, 15) is 13.2 Å². The SMILES string of the molecule is FC(F)(F)COCc1nc(N2CC3CCCNC3C2)n[nH]1. The minimum atomic E-state index is -4.32. The van der Waals surface area contributed by atoms with E-state index in [0.717, 1.165) is 19.6 Å². The first-order valence-electron chi connectivity index (χ1n) is 7.05. The van der Waals surface area contributed by atoms with Crippen molar-refractivity contribution in [2.45, 2.75) is 31.7 Å². The first-order valence-corrected chi connectivity index (χ1v) is 7.05. The topological polar surface area (TPSA) is 66.1 Å². The minimum Gasteiger partial charge on any atom is -0.364 e. The van der Waals surface area contributed by atoms with Crippen molar-refractivity contribution in [2.75, 3.05) is 31.1 Å². The zero-order chi connectivity index (χ0) is 14.9. The van der Waals surface area contributed by atoms with Gasteiger partial charge in [-0.15, -0.1) is 5.10 Å². The van der Waals surface area contributed by atoms with Crippen LogP contribution in [0.25, 0.3) is 0 Å². The van der Waals surface area contributed by atoms with E-state index in [4.69, 9.17) is 0 Å². The van der Waals surface area contributed by atoms with Crippen LogP contribution in [0.1, 0.15) is 18.7 Å². The molecule has 0 spiro atoms. The lowest BCUT2D eigenvalue weighted by atomic mass is 9.94. The number of hydrogen-bond acceptors (Lipinski definition) is 5. The molecule has 2 aliphatic heterocycles. The van der Waals surface area contributed by atoms with Gasteiger partial charge in [0.15, 0.2) is 5.82 Å². The van der Waals surface area contributed by atoms with E-state index >= 15 is 0 Å². The third-order valence-electron chi connectivity index (χ3n) is 3.91. The molecule has 0 aromatic carbocycles. The molecule has 0 bridgehead atoms. The van der Waals surface area contributed by atoms with Gasteiger partial charge in [0.1, 0.15) is 13.2 Å². The van der Waals surface area contributed by atoms with Crippen molar-refractivity contribution in [2.24, 2.45) is 5.92 Å². The summed E-state index contributed by atoms with van der Waals surface area (Å²) in [5.41, 5.74) is 0. The van der Waals surface area contributed by atoms with Gasteiger partial charge in [-0.25, -0.2) is 0 Å². The molecule has 2 aliphatic rings. The third-order valence-corrected chi connectivity index (χ3v) is 3.91. The predicted molar refractivity (Wildman–Crippen MR) is 68.8 cm³/mol. The smallest absolute Gasteiger partial charge is 0.364 e. The molecule has 0 radical (unpaired) electrons. The number of hydrogen-bond donors (Lipinski definition) is 2. The van der Waals surface area contributed by atoms with E-state index < -0.39 is 12.8 Å². The van der Waals surface area contributed by atoms with Gasteiger partial charge in [0.05, 0.1) is 0 Å². The molecule has 21 heavy (non-hydrogen) atoms. The maximum absolute atomic E-state index is 12.0. The number of anilines is 1. The summed E-state index contributed by atoms with van der Waals surface area (Å²) < 4.78 is 40.5. The summed E-state index contributed by atoms with van der Waals surface area (Å²) in [5, 5.41) is 10.2. The molecule has 3 heterocycles. The normalized spacial score (nSPS) is 26.1. The van der Waals surface area contributed by atoms with Gasteiger partial charge in [0.2, 0.25) is 5.95 Å². The molecule has 6 nitrogen and oxygen atoms in total. The van der Waals surface area contributed by atoms with Crippen LogP contribution in [0, 0.1) is 5.92 Å². The highest BCUT2D eigenvalue weighted by Gasteiger charge is 2.35. The monoisotopic (exact) mass is 305 g/mol. The fourth-order valence-electron chi connectivity index (χ4n) is 2.96. The van der Waals surface area contributed by atoms with Crippen LogP contribution < -0.4 is 10.2 Å². The van der Waals surface area contributed by atoms with Crippen LogP contribution in [-0.2, 0) is 11.3 Å². The highest BCUT2D eigenvalue weighted by molar-refractivity contribution is 5.32. The van der Waals surface area contributed by atoms with Crippen molar-refractivity contribution in [3.05, 3.63) is 5.82 Å². The summed E-state index contributed by atoms with van der Waals surface area (Å²) >= 11 is 0. The number of nitrogens with zero attached hydrogens (tertiary/aromatic N) is 3. The zero-order valence-electron chi connectivity index (χ0n) is 11.5. The lowest BCUT2D eigenvalue weighted by Crippen LogP contribution is -2.40. The maximum Gasteiger partial charge on any atom is 0.411 e. The maximum atomic E-state index is 12.0. The number of H-pyrrole nitrogens is 1. The average Bonchev–Trinajstić information content (AvgIpc) is 3.02. The molecule has 2 atom stereocenters. The molecule has 9 heteroatoms. The lowest BCUT2D eigenvalue weighted by molar-refractivity contribution is -0.177. The van der Waals surface area contributed by atoms with Gasteiger partial charge in [-0.3, -0.25) is 5.10 Å². The highest BCUT2D eigenvalue weighted by atomic mass is 19.4. The Morgan fingerprint density at radius 1 is 1.33 bits per heavy atom. The number of aromatic nitrogens is 3. The average molecular weight is 305 g/mol. The van der Waals surface area contributed by atoms with Gasteiger partial charge in [-0.1, -0.05) is 0 Å². The van der Waals surface area contributed by atoms with Gasteiger partial charge in [-0.2, -0.15) is 18.2 Å². The first kappa shape index (κ1) is 14.6. The van der Waals surface area contributed by atoms with Crippen molar-refractivity contribution in [3.8, 4) is 0 Å². The standard InChI is InChI=1S/C12H18F3N5O/c13-12(14,15)7-21-6-10-17-11(19-18-10)20-4-8-2-1-3-16-9(8)5-20/h8-9,16H,1-7H2,(H,17,18,19). The molecule has 0 amide bonds.